The van der Waals surface area contributed by atoms with Crippen LogP contribution in [0.5, 0.6) is 0 Å². The highest BCUT2D eigenvalue weighted by Crippen LogP contribution is 2.24. The van der Waals surface area contributed by atoms with Crippen molar-refractivity contribution in [2.75, 3.05) is 26.2 Å². The van der Waals surface area contributed by atoms with Crippen molar-refractivity contribution >= 4 is 5.91 Å². The smallest absolute Gasteiger partial charge is 0.253 e. The summed E-state index contributed by atoms with van der Waals surface area (Å²) in [6.45, 7) is 5.36. The highest BCUT2D eigenvalue weighted by molar-refractivity contribution is 5.95. The Kier molecular flexibility index (Phi) is 3.97. The number of hydrogen-bond acceptors (Lipinski definition) is 3. The molecule has 0 spiro atoms. The van der Waals surface area contributed by atoms with Crippen LogP contribution in [0.1, 0.15) is 15.9 Å². The molecule has 0 bridgehead atoms. The average molecular weight is 281 g/mol. The fraction of sp³-hybridized carbons (Fsp3) is 0.294. The van der Waals surface area contributed by atoms with Crippen molar-refractivity contribution in [2.45, 2.75) is 6.92 Å². The predicted molar refractivity (Wildman–Crippen MR) is 83.2 cm³/mol. The summed E-state index contributed by atoms with van der Waals surface area (Å²) in [5, 5.41) is 3.26. The molecule has 1 aromatic heterocycles. The number of amides is 1. The highest BCUT2D eigenvalue weighted by atomic mass is 16.2. The number of nitrogens with zero attached hydrogens (tertiary/aromatic N) is 2. The standard InChI is InChI=1S/C17H19N3O/c1-13-12-15(17(21)20-10-8-19-9-11-20)2-3-16(13)14-4-6-18-7-5-14/h2-7,12,19H,8-11H2,1H3. The zero-order chi connectivity index (χ0) is 14.7. The maximum absolute atomic E-state index is 12.5. The Bertz CT molecular complexity index is 634. The molecule has 1 aliphatic rings. The molecule has 108 valence electrons. The SMILES string of the molecule is Cc1cc(C(=O)N2CCNCC2)ccc1-c1ccncc1. The van der Waals surface area contributed by atoms with Crippen LogP contribution in [0.2, 0.25) is 0 Å². The van der Waals surface area contributed by atoms with E-state index in [1.54, 1.807) is 12.4 Å². The third-order valence-electron chi connectivity index (χ3n) is 3.87. The second kappa shape index (κ2) is 6.06. The van der Waals surface area contributed by atoms with Crippen LogP contribution in [-0.4, -0.2) is 42.0 Å². The Labute approximate surface area is 124 Å². The van der Waals surface area contributed by atoms with E-state index in [1.165, 1.54) is 0 Å². The molecule has 1 amide bonds. The van der Waals surface area contributed by atoms with E-state index in [2.05, 4.69) is 10.3 Å². The van der Waals surface area contributed by atoms with E-state index in [-0.39, 0.29) is 5.91 Å². The fourth-order valence-corrected chi connectivity index (χ4v) is 2.70. The molecule has 1 N–H and O–H groups in total. The third-order valence-corrected chi connectivity index (χ3v) is 3.87. The van der Waals surface area contributed by atoms with Crippen molar-refractivity contribution in [1.82, 2.24) is 15.2 Å². The van der Waals surface area contributed by atoms with Crippen LogP contribution in [0.25, 0.3) is 11.1 Å². The van der Waals surface area contributed by atoms with E-state index in [4.69, 9.17) is 0 Å². The van der Waals surface area contributed by atoms with Gasteiger partial charge in [0.2, 0.25) is 0 Å². The molecule has 2 aromatic rings. The highest BCUT2D eigenvalue weighted by Gasteiger charge is 2.18. The molecule has 1 fully saturated rings. The molecule has 0 atom stereocenters. The first kappa shape index (κ1) is 13.8. The van der Waals surface area contributed by atoms with E-state index in [0.29, 0.717) is 0 Å². The van der Waals surface area contributed by atoms with Crippen molar-refractivity contribution in [3.63, 3.8) is 0 Å². The molecule has 21 heavy (non-hydrogen) atoms. The molecule has 1 saturated heterocycles. The largest absolute Gasteiger partial charge is 0.336 e. The summed E-state index contributed by atoms with van der Waals surface area (Å²) in [5.74, 6) is 0.126. The Hall–Kier alpha value is -2.20. The Morgan fingerprint density at radius 1 is 1.14 bits per heavy atom. The second-order valence-corrected chi connectivity index (χ2v) is 5.31. The average Bonchev–Trinajstić information content (AvgIpc) is 2.55. The number of pyridine rings is 1. The number of carbonyl (C=O) groups is 1. The van der Waals surface area contributed by atoms with E-state index in [0.717, 1.165) is 48.4 Å². The normalized spacial score (nSPS) is 15.0. The summed E-state index contributed by atoms with van der Waals surface area (Å²) in [6, 6.07) is 9.91. The molecule has 4 heteroatoms. The van der Waals surface area contributed by atoms with Crippen LogP contribution in [0.3, 0.4) is 0 Å². The molecular formula is C17H19N3O. The third kappa shape index (κ3) is 2.95. The van der Waals surface area contributed by atoms with E-state index in [1.807, 2.05) is 42.2 Å². The number of hydrogen-bond donors (Lipinski definition) is 1. The Balaban J connectivity index is 1.85. The lowest BCUT2D eigenvalue weighted by Gasteiger charge is -2.27. The Morgan fingerprint density at radius 2 is 1.86 bits per heavy atom. The number of rotatable bonds is 2. The Morgan fingerprint density at radius 3 is 2.52 bits per heavy atom. The number of piperazine rings is 1. The van der Waals surface area contributed by atoms with Crippen molar-refractivity contribution < 1.29 is 4.79 Å². The van der Waals surface area contributed by atoms with Gasteiger partial charge < -0.3 is 10.2 Å². The van der Waals surface area contributed by atoms with E-state index < -0.39 is 0 Å². The maximum Gasteiger partial charge on any atom is 0.253 e. The first-order valence-corrected chi connectivity index (χ1v) is 7.27. The minimum atomic E-state index is 0.126. The summed E-state index contributed by atoms with van der Waals surface area (Å²) >= 11 is 0. The number of nitrogens with one attached hydrogen (secondary N) is 1. The first-order valence-electron chi connectivity index (χ1n) is 7.27. The fourth-order valence-electron chi connectivity index (χ4n) is 2.70. The zero-order valence-corrected chi connectivity index (χ0v) is 12.2. The maximum atomic E-state index is 12.5. The molecule has 0 radical (unpaired) electrons. The van der Waals surface area contributed by atoms with Gasteiger partial charge in [-0.05, 0) is 47.9 Å². The van der Waals surface area contributed by atoms with Crippen LogP contribution >= 0.6 is 0 Å². The zero-order valence-electron chi connectivity index (χ0n) is 12.2. The van der Waals surface area contributed by atoms with Crippen LogP contribution in [0.15, 0.2) is 42.7 Å². The molecule has 0 aliphatic carbocycles. The van der Waals surface area contributed by atoms with Gasteiger partial charge in [0.05, 0.1) is 0 Å². The van der Waals surface area contributed by atoms with Gasteiger partial charge in [-0.2, -0.15) is 0 Å². The van der Waals surface area contributed by atoms with E-state index >= 15 is 0 Å². The van der Waals surface area contributed by atoms with Gasteiger partial charge in [-0.3, -0.25) is 9.78 Å². The van der Waals surface area contributed by atoms with Gasteiger partial charge in [0.25, 0.3) is 5.91 Å². The van der Waals surface area contributed by atoms with Crippen molar-refractivity contribution in [2.24, 2.45) is 0 Å². The lowest BCUT2D eigenvalue weighted by Crippen LogP contribution is -2.46. The van der Waals surface area contributed by atoms with Gasteiger partial charge in [-0.1, -0.05) is 6.07 Å². The van der Waals surface area contributed by atoms with Crippen molar-refractivity contribution in [3.05, 3.63) is 53.9 Å². The van der Waals surface area contributed by atoms with Crippen molar-refractivity contribution in [1.29, 1.82) is 0 Å². The molecule has 2 heterocycles. The summed E-state index contributed by atoms with van der Waals surface area (Å²) in [6.07, 6.45) is 3.57. The van der Waals surface area contributed by atoms with Crippen LogP contribution < -0.4 is 5.32 Å². The topological polar surface area (TPSA) is 45.2 Å². The number of aromatic nitrogens is 1. The first-order chi connectivity index (χ1) is 10.3. The molecule has 1 aliphatic heterocycles. The molecule has 0 unspecified atom stereocenters. The lowest BCUT2D eigenvalue weighted by molar-refractivity contribution is 0.0736. The monoisotopic (exact) mass is 281 g/mol. The summed E-state index contributed by atoms with van der Waals surface area (Å²) < 4.78 is 0. The van der Waals surface area contributed by atoms with Gasteiger partial charge in [0.15, 0.2) is 0 Å². The molecular weight excluding hydrogens is 262 g/mol. The van der Waals surface area contributed by atoms with Crippen molar-refractivity contribution in [3.8, 4) is 11.1 Å². The quantitative estimate of drug-likeness (QED) is 0.917. The van der Waals surface area contributed by atoms with Crippen LogP contribution in [-0.2, 0) is 0 Å². The lowest BCUT2D eigenvalue weighted by atomic mass is 9.99. The van der Waals surface area contributed by atoms with Crippen LogP contribution in [0.4, 0.5) is 0 Å². The predicted octanol–water partition coefficient (Wildman–Crippen LogP) is 2.10. The summed E-state index contributed by atoms with van der Waals surface area (Å²) in [7, 11) is 0. The van der Waals surface area contributed by atoms with Gasteiger partial charge >= 0.3 is 0 Å². The number of carbonyl (C=O) groups excluding carboxylic acids is 1. The number of benzene rings is 1. The minimum absolute atomic E-state index is 0.126. The van der Waals surface area contributed by atoms with E-state index in [9.17, 15) is 4.79 Å². The molecule has 3 rings (SSSR count). The second-order valence-electron chi connectivity index (χ2n) is 5.31. The van der Waals surface area contributed by atoms with Gasteiger partial charge in [-0.25, -0.2) is 0 Å². The molecule has 1 aromatic carbocycles. The molecule has 4 nitrogen and oxygen atoms in total. The summed E-state index contributed by atoms with van der Waals surface area (Å²) in [4.78, 5) is 18.4. The number of aryl methyl sites for hydroxylation is 1. The minimum Gasteiger partial charge on any atom is -0.336 e. The van der Waals surface area contributed by atoms with Crippen LogP contribution in [0, 0.1) is 6.92 Å². The van der Waals surface area contributed by atoms with Gasteiger partial charge in [0.1, 0.15) is 0 Å². The molecule has 0 saturated carbocycles. The van der Waals surface area contributed by atoms with Gasteiger partial charge in [-0.15, -0.1) is 0 Å². The van der Waals surface area contributed by atoms with Gasteiger partial charge in [0, 0.05) is 44.1 Å². The summed E-state index contributed by atoms with van der Waals surface area (Å²) in [5.41, 5.74) is 4.16.